The van der Waals surface area contributed by atoms with Crippen molar-refractivity contribution >= 4 is 22.9 Å². The van der Waals surface area contributed by atoms with Crippen LogP contribution in [0.2, 0.25) is 0 Å². The molecular weight excluding hydrogens is 342 g/mol. The molecule has 0 bridgehead atoms. The molecule has 2 aromatic carbocycles. The van der Waals surface area contributed by atoms with Crippen molar-refractivity contribution in [1.29, 1.82) is 0 Å². The lowest BCUT2D eigenvalue weighted by molar-refractivity contribution is -0.117. The van der Waals surface area contributed by atoms with Gasteiger partial charge in [-0.1, -0.05) is 24.3 Å². The van der Waals surface area contributed by atoms with Crippen LogP contribution < -0.4 is 14.8 Å². The van der Waals surface area contributed by atoms with Gasteiger partial charge >= 0.3 is 0 Å². The van der Waals surface area contributed by atoms with Gasteiger partial charge in [0.05, 0.1) is 19.2 Å². The van der Waals surface area contributed by atoms with Crippen LogP contribution in [0.1, 0.15) is 18.4 Å². The molecule has 0 saturated heterocycles. The van der Waals surface area contributed by atoms with E-state index in [4.69, 9.17) is 9.47 Å². The lowest BCUT2D eigenvalue weighted by atomic mass is 9.87. The summed E-state index contributed by atoms with van der Waals surface area (Å²) < 4.78 is 13.0. The van der Waals surface area contributed by atoms with E-state index >= 15 is 0 Å². The fourth-order valence-corrected chi connectivity index (χ4v) is 4.37. The Hall–Kier alpha value is -3.02. The van der Waals surface area contributed by atoms with Gasteiger partial charge in [-0.2, -0.15) is 0 Å². The summed E-state index contributed by atoms with van der Waals surface area (Å²) in [6, 6.07) is 13.8. The molecule has 1 amide bonds. The number of aryl methyl sites for hydroxylation is 1. The molecule has 0 unspecified atom stereocenters. The predicted octanol–water partition coefficient (Wildman–Crippen LogP) is 3.26. The summed E-state index contributed by atoms with van der Waals surface area (Å²) in [7, 11) is 3.52. The number of imidazole rings is 1. The number of aromatic nitrogens is 2. The lowest BCUT2D eigenvalue weighted by Crippen LogP contribution is -2.27. The molecule has 2 atom stereocenters. The zero-order chi connectivity index (χ0) is 18.6. The van der Waals surface area contributed by atoms with Crippen molar-refractivity contribution in [3.8, 4) is 11.5 Å². The number of benzene rings is 2. The van der Waals surface area contributed by atoms with Crippen LogP contribution in [-0.4, -0.2) is 29.2 Å². The minimum absolute atomic E-state index is 0.0177. The maximum atomic E-state index is 13.0. The standard InChI is InChI=1S/C21H21N3O3/c1-24-15-7-5-9-17(26-2)18(15)22-20(24)23-19(25)14-12-21(14)10-11-27-16-8-4-3-6-13(16)21/h3-9,14H,10-12H2,1-2H3,(H,22,23,25)/t14-,21-/m0/s1. The van der Waals surface area contributed by atoms with E-state index in [2.05, 4.69) is 16.4 Å². The molecule has 1 aliphatic carbocycles. The van der Waals surface area contributed by atoms with E-state index in [1.165, 1.54) is 0 Å². The van der Waals surface area contributed by atoms with Gasteiger partial charge in [-0.3, -0.25) is 10.1 Å². The first-order chi connectivity index (χ1) is 13.1. The van der Waals surface area contributed by atoms with E-state index in [1.54, 1.807) is 7.11 Å². The molecule has 138 valence electrons. The zero-order valence-electron chi connectivity index (χ0n) is 15.4. The second kappa shape index (κ2) is 5.74. The van der Waals surface area contributed by atoms with Crippen molar-refractivity contribution in [2.45, 2.75) is 18.3 Å². The molecule has 1 fully saturated rings. The zero-order valence-corrected chi connectivity index (χ0v) is 15.4. The molecule has 3 aromatic rings. The summed E-state index contributed by atoms with van der Waals surface area (Å²) in [4.78, 5) is 17.6. The number of carbonyl (C=O) groups is 1. The summed E-state index contributed by atoms with van der Waals surface area (Å²) >= 11 is 0. The number of para-hydroxylation sites is 2. The van der Waals surface area contributed by atoms with Gasteiger partial charge in [-0.25, -0.2) is 4.98 Å². The molecule has 2 aliphatic rings. The number of carbonyl (C=O) groups excluding carboxylic acids is 1. The molecule has 1 spiro atoms. The largest absolute Gasteiger partial charge is 0.494 e. The lowest BCUT2D eigenvalue weighted by Gasteiger charge is -2.26. The van der Waals surface area contributed by atoms with Crippen molar-refractivity contribution < 1.29 is 14.3 Å². The number of hydrogen-bond acceptors (Lipinski definition) is 4. The van der Waals surface area contributed by atoms with Gasteiger partial charge in [0.1, 0.15) is 17.0 Å². The molecule has 2 heterocycles. The first-order valence-corrected chi connectivity index (χ1v) is 9.17. The third-order valence-corrected chi connectivity index (χ3v) is 5.95. The molecule has 1 aromatic heterocycles. The second-order valence-electron chi connectivity index (χ2n) is 7.32. The summed E-state index contributed by atoms with van der Waals surface area (Å²) in [6.07, 6.45) is 1.73. The van der Waals surface area contributed by atoms with E-state index in [9.17, 15) is 4.79 Å². The van der Waals surface area contributed by atoms with E-state index in [1.807, 2.05) is 48.0 Å². The molecule has 1 N–H and O–H groups in total. The van der Waals surface area contributed by atoms with Gasteiger partial charge in [0.15, 0.2) is 0 Å². The number of amides is 1. The third-order valence-electron chi connectivity index (χ3n) is 5.95. The van der Waals surface area contributed by atoms with E-state index in [0.29, 0.717) is 18.3 Å². The van der Waals surface area contributed by atoms with E-state index < -0.39 is 0 Å². The van der Waals surface area contributed by atoms with Crippen LogP contribution >= 0.6 is 0 Å². The van der Waals surface area contributed by atoms with Crippen molar-refractivity contribution in [2.75, 3.05) is 19.0 Å². The van der Waals surface area contributed by atoms with Gasteiger partial charge in [0.25, 0.3) is 0 Å². The Morgan fingerprint density at radius 3 is 3.00 bits per heavy atom. The van der Waals surface area contributed by atoms with Crippen molar-refractivity contribution in [3.63, 3.8) is 0 Å². The van der Waals surface area contributed by atoms with Gasteiger partial charge < -0.3 is 14.0 Å². The first kappa shape index (κ1) is 16.2. The van der Waals surface area contributed by atoms with Gasteiger partial charge in [-0.05, 0) is 31.0 Å². The van der Waals surface area contributed by atoms with Crippen LogP contribution in [0, 0.1) is 5.92 Å². The van der Waals surface area contributed by atoms with Crippen molar-refractivity contribution in [3.05, 3.63) is 48.0 Å². The normalized spacial score (nSPS) is 23.0. The molecule has 5 rings (SSSR count). The summed E-state index contributed by atoms with van der Waals surface area (Å²) in [5, 5.41) is 3.03. The fraction of sp³-hybridized carbons (Fsp3) is 0.333. The molecular formula is C21H21N3O3. The second-order valence-corrected chi connectivity index (χ2v) is 7.32. The van der Waals surface area contributed by atoms with Crippen LogP contribution in [-0.2, 0) is 17.3 Å². The number of nitrogens with one attached hydrogen (secondary N) is 1. The maximum absolute atomic E-state index is 13.0. The number of nitrogens with zero attached hydrogens (tertiary/aromatic N) is 2. The molecule has 6 nitrogen and oxygen atoms in total. The van der Waals surface area contributed by atoms with Crippen LogP contribution in [0.5, 0.6) is 11.5 Å². The van der Waals surface area contributed by atoms with Gasteiger partial charge in [-0.15, -0.1) is 0 Å². The number of fused-ring (bicyclic) bond motifs is 3. The highest BCUT2D eigenvalue weighted by molar-refractivity contribution is 5.97. The molecule has 0 radical (unpaired) electrons. The topological polar surface area (TPSA) is 65.4 Å². The Kier molecular flexibility index (Phi) is 3.44. The summed E-state index contributed by atoms with van der Waals surface area (Å²) in [5.41, 5.74) is 2.73. The third kappa shape index (κ3) is 2.32. The first-order valence-electron chi connectivity index (χ1n) is 9.17. The quantitative estimate of drug-likeness (QED) is 0.776. The van der Waals surface area contributed by atoms with Crippen molar-refractivity contribution in [2.24, 2.45) is 13.0 Å². The Bertz CT molecular complexity index is 1060. The number of anilines is 1. The van der Waals surface area contributed by atoms with Crippen molar-refractivity contribution in [1.82, 2.24) is 9.55 Å². The smallest absolute Gasteiger partial charge is 0.230 e. The number of hydrogen-bond donors (Lipinski definition) is 1. The van der Waals surface area contributed by atoms with E-state index in [-0.39, 0.29) is 17.2 Å². The van der Waals surface area contributed by atoms with Gasteiger partial charge in [0, 0.05) is 23.9 Å². The molecule has 6 heteroatoms. The Balaban J connectivity index is 1.43. The van der Waals surface area contributed by atoms with Gasteiger partial charge in [0.2, 0.25) is 11.9 Å². The highest BCUT2D eigenvalue weighted by Gasteiger charge is 2.61. The Labute approximate surface area is 157 Å². The van der Waals surface area contributed by atoms with Crippen LogP contribution in [0.25, 0.3) is 11.0 Å². The highest BCUT2D eigenvalue weighted by Crippen LogP contribution is 2.60. The van der Waals surface area contributed by atoms with Crippen LogP contribution in [0.3, 0.4) is 0 Å². The average Bonchev–Trinajstić information content (AvgIpc) is 3.33. The fourth-order valence-electron chi connectivity index (χ4n) is 4.37. The number of ether oxygens (including phenoxy) is 2. The van der Waals surface area contributed by atoms with Crippen LogP contribution in [0.4, 0.5) is 5.95 Å². The average molecular weight is 363 g/mol. The minimum Gasteiger partial charge on any atom is -0.494 e. The molecule has 1 saturated carbocycles. The van der Waals surface area contributed by atoms with Crippen LogP contribution in [0.15, 0.2) is 42.5 Å². The summed E-state index contributed by atoms with van der Waals surface area (Å²) in [5.74, 6) is 2.12. The predicted molar refractivity (Wildman–Crippen MR) is 102 cm³/mol. The summed E-state index contributed by atoms with van der Waals surface area (Å²) in [6.45, 7) is 0.657. The minimum atomic E-state index is -0.0960. The molecule has 1 aliphatic heterocycles. The molecule has 27 heavy (non-hydrogen) atoms. The number of methoxy groups -OCH3 is 1. The van der Waals surface area contributed by atoms with E-state index in [0.717, 1.165) is 35.2 Å². The Morgan fingerprint density at radius 1 is 1.30 bits per heavy atom. The monoisotopic (exact) mass is 363 g/mol. The maximum Gasteiger partial charge on any atom is 0.230 e. The highest BCUT2D eigenvalue weighted by atomic mass is 16.5. The Morgan fingerprint density at radius 2 is 2.15 bits per heavy atom. The number of rotatable bonds is 3. The SMILES string of the molecule is COc1cccc2c1nc(NC(=O)[C@@H]1C[C@]13CCOc1ccccc13)n2C.